The number of ether oxygens (including phenoxy) is 1. The van der Waals surface area contributed by atoms with E-state index in [1.165, 1.54) is 7.05 Å². The maximum absolute atomic E-state index is 12.3. The van der Waals surface area contributed by atoms with E-state index in [0.29, 0.717) is 5.71 Å². The van der Waals surface area contributed by atoms with Crippen molar-refractivity contribution in [3.05, 3.63) is 23.1 Å². The summed E-state index contributed by atoms with van der Waals surface area (Å²) in [5.41, 5.74) is -0.0322. The second-order valence-electron chi connectivity index (χ2n) is 4.31. The van der Waals surface area contributed by atoms with Crippen LogP contribution >= 0.6 is 0 Å². The summed E-state index contributed by atoms with van der Waals surface area (Å²) in [5, 5.41) is 0. The summed E-state index contributed by atoms with van der Waals surface area (Å²) < 4.78 is 67.8. The number of nitrogens with zero attached hydrogens (tertiary/aromatic N) is 1. The Labute approximate surface area is 130 Å². The molecule has 0 amide bonds. The van der Waals surface area contributed by atoms with Gasteiger partial charge in [0.05, 0.1) is 6.61 Å². The van der Waals surface area contributed by atoms with Crippen LogP contribution in [-0.4, -0.2) is 39.3 Å². The Morgan fingerprint density at radius 2 is 2.00 bits per heavy atom. The first-order valence-electron chi connectivity index (χ1n) is 6.37. The van der Waals surface area contributed by atoms with Crippen molar-refractivity contribution < 1.29 is 35.3 Å². The lowest BCUT2D eigenvalue weighted by Gasteiger charge is -2.19. The quantitative estimate of drug-likeness (QED) is 0.353. The molecule has 0 saturated heterocycles. The minimum Gasteiger partial charge on any atom is -0.461 e. The fraction of sp³-hybridized carbons (Fsp3) is 0.500. The fourth-order valence-electron chi connectivity index (χ4n) is 1.73. The first kappa shape index (κ1) is 19.0. The van der Waals surface area contributed by atoms with E-state index in [1.54, 1.807) is 6.92 Å². The van der Waals surface area contributed by atoms with Crippen molar-refractivity contribution in [1.82, 2.24) is 0 Å². The van der Waals surface area contributed by atoms with Crippen LogP contribution < -0.4 is 5.73 Å². The number of rotatable bonds is 4. The molecule has 0 unspecified atom stereocenters. The van der Waals surface area contributed by atoms with Crippen molar-refractivity contribution in [2.24, 2.45) is 10.7 Å². The number of hydrogen-bond acceptors (Lipinski definition) is 7. The Hall–Kier alpha value is -2.04. The van der Waals surface area contributed by atoms with E-state index in [-0.39, 0.29) is 25.0 Å². The number of carbonyl (C=O) groups is 1. The van der Waals surface area contributed by atoms with Crippen LogP contribution in [0.15, 0.2) is 28.1 Å². The maximum atomic E-state index is 12.3. The SMILES string of the molecule is CCOC(=O)/C(N)=C1\C=C(OS(=O)(=O)C(F)(F)F)CCC1=NC. The van der Waals surface area contributed by atoms with Crippen molar-refractivity contribution in [3.8, 4) is 0 Å². The van der Waals surface area contributed by atoms with Gasteiger partial charge in [-0.05, 0) is 19.4 Å². The summed E-state index contributed by atoms with van der Waals surface area (Å²) in [6, 6.07) is 0. The zero-order valence-electron chi connectivity index (χ0n) is 12.3. The molecule has 0 saturated carbocycles. The van der Waals surface area contributed by atoms with Crippen molar-refractivity contribution in [3.63, 3.8) is 0 Å². The zero-order chi connectivity index (χ0) is 17.8. The lowest BCUT2D eigenvalue weighted by molar-refractivity contribution is -0.138. The maximum Gasteiger partial charge on any atom is 0.534 e. The van der Waals surface area contributed by atoms with E-state index in [4.69, 9.17) is 10.5 Å². The summed E-state index contributed by atoms with van der Waals surface area (Å²) >= 11 is 0. The molecule has 23 heavy (non-hydrogen) atoms. The van der Waals surface area contributed by atoms with Gasteiger partial charge in [-0.3, -0.25) is 4.99 Å². The highest BCUT2D eigenvalue weighted by atomic mass is 32.2. The molecule has 130 valence electrons. The van der Waals surface area contributed by atoms with Crippen molar-refractivity contribution >= 4 is 21.8 Å². The number of esters is 1. The van der Waals surface area contributed by atoms with Crippen LogP contribution in [0.25, 0.3) is 0 Å². The molecule has 1 aliphatic rings. The molecular weight excluding hydrogens is 341 g/mol. The summed E-state index contributed by atoms with van der Waals surface area (Å²) in [5.74, 6) is -1.38. The number of nitrogens with two attached hydrogens (primary N) is 1. The number of allylic oxidation sites excluding steroid dienone is 3. The van der Waals surface area contributed by atoms with Crippen LogP contribution in [0, 0.1) is 0 Å². The van der Waals surface area contributed by atoms with Gasteiger partial charge in [-0.15, -0.1) is 0 Å². The topological polar surface area (TPSA) is 108 Å². The summed E-state index contributed by atoms with van der Waals surface area (Å²) in [7, 11) is -4.39. The Kier molecular flexibility index (Phi) is 5.81. The molecule has 0 radical (unpaired) electrons. The number of alkyl halides is 3. The summed E-state index contributed by atoms with van der Waals surface area (Å²) in [4.78, 5) is 15.5. The van der Waals surface area contributed by atoms with Crippen LogP contribution in [-0.2, 0) is 23.8 Å². The van der Waals surface area contributed by atoms with Gasteiger partial charge in [0.2, 0.25) is 0 Å². The second-order valence-corrected chi connectivity index (χ2v) is 5.85. The van der Waals surface area contributed by atoms with Crippen LogP contribution in [0.5, 0.6) is 0 Å². The number of halogens is 3. The van der Waals surface area contributed by atoms with E-state index in [0.717, 1.165) is 6.08 Å². The van der Waals surface area contributed by atoms with Gasteiger partial charge in [0.15, 0.2) is 0 Å². The fourth-order valence-corrected chi connectivity index (χ4v) is 2.24. The molecule has 0 aromatic rings. The third-order valence-corrected chi connectivity index (χ3v) is 3.78. The number of carbonyl (C=O) groups excluding carboxylic acids is 1. The minimum atomic E-state index is -5.79. The van der Waals surface area contributed by atoms with E-state index < -0.39 is 33.1 Å². The average molecular weight is 356 g/mol. The van der Waals surface area contributed by atoms with Gasteiger partial charge in [-0.25, -0.2) is 4.79 Å². The lowest BCUT2D eigenvalue weighted by Crippen LogP contribution is -2.27. The van der Waals surface area contributed by atoms with Gasteiger partial charge in [0.25, 0.3) is 0 Å². The van der Waals surface area contributed by atoms with Gasteiger partial charge >= 0.3 is 21.6 Å². The molecule has 1 rings (SSSR count). The highest BCUT2D eigenvalue weighted by Gasteiger charge is 2.49. The van der Waals surface area contributed by atoms with Gasteiger partial charge in [-0.1, -0.05) is 0 Å². The standard InChI is InChI=1S/C12H15F3N2O5S/c1-3-21-11(18)10(16)8-6-7(4-5-9(8)17-2)22-23(19,20)12(13,14)15/h6H,3-5,16H2,1-2H3/b10-8-,17-9?. The van der Waals surface area contributed by atoms with Gasteiger partial charge in [0, 0.05) is 24.8 Å². The van der Waals surface area contributed by atoms with Crippen molar-refractivity contribution in [2.45, 2.75) is 25.3 Å². The molecule has 0 aromatic heterocycles. The first-order chi connectivity index (χ1) is 10.5. The van der Waals surface area contributed by atoms with Gasteiger partial charge < -0.3 is 14.7 Å². The predicted molar refractivity (Wildman–Crippen MR) is 74.6 cm³/mol. The molecule has 0 atom stereocenters. The second kappa shape index (κ2) is 7.02. The first-order valence-corrected chi connectivity index (χ1v) is 7.78. The van der Waals surface area contributed by atoms with Crippen LogP contribution in [0.4, 0.5) is 13.2 Å². The minimum absolute atomic E-state index is 0.0235. The monoisotopic (exact) mass is 356 g/mol. The van der Waals surface area contributed by atoms with Crippen LogP contribution in [0.2, 0.25) is 0 Å². The van der Waals surface area contributed by atoms with Gasteiger partial charge in [-0.2, -0.15) is 21.6 Å². The van der Waals surface area contributed by atoms with Crippen molar-refractivity contribution in [2.75, 3.05) is 13.7 Å². The normalized spacial score (nSPS) is 20.0. The molecule has 7 nitrogen and oxygen atoms in total. The van der Waals surface area contributed by atoms with E-state index in [2.05, 4.69) is 9.18 Å². The molecule has 1 aliphatic carbocycles. The molecule has 0 heterocycles. The van der Waals surface area contributed by atoms with Crippen LogP contribution in [0.1, 0.15) is 19.8 Å². The van der Waals surface area contributed by atoms with E-state index >= 15 is 0 Å². The summed E-state index contributed by atoms with van der Waals surface area (Å²) in [6.45, 7) is 1.59. The smallest absolute Gasteiger partial charge is 0.461 e. The largest absolute Gasteiger partial charge is 0.534 e. The third-order valence-electron chi connectivity index (χ3n) is 2.78. The van der Waals surface area contributed by atoms with E-state index in [1.807, 2.05) is 0 Å². The third kappa shape index (κ3) is 4.47. The molecule has 11 heteroatoms. The predicted octanol–water partition coefficient (Wildman–Crippen LogP) is 1.38. The highest BCUT2D eigenvalue weighted by molar-refractivity contribution is 7.87. The zero-order valence-corrected chi connectivity index (χ0v) is 13.1. The van der Waals surface area contributed by atoms with Gasteiger partial charge in [0.1, 0.15) is 11.5 Å². The highest BCUT2D eigenvalue weighted by Crippen LogP contribution is 2.30. The summed E-state index contributed by atoms with van der Waals surface area (Å²) in [6.07, 6.45) is 0.869. The Bertz CT molecular complexity index is 677. The Morgan fingerprint density at radius 3 is 2.48 bits per heavy atom. The Balaban J connectivity index is 3.24. The number of hydrogen-bond donors (Lipinski definition) is 1. The molecular formula is C12H15F3N2O5S. The van der Waals surface area contributed by atoms with E-state index in [9.17, 15) is 26.4 Å². The molecule has 0 fully saturated rings. The lowest BCUT2D eigenvalue weighted by atomic mass is 9.96. The van der Waals surface area contributed by atoms with Crippen LogP contribution in [0.3, 0.4) is 0 Å². The molecule has 0 spiro atoms. The average Bonchev–Trinajstić information content (AvgIpc) is 2.45. The Morgan fingerprint density at radius 1 is 1.39 bits per heavy atom. The molecule has 0 bridgehead atoms. The number of aliphatic imine (C=N–C) groups is 1. The molecule has 2 N–H and O–H groups in total. The molecule has 0 aromatic carbocycles. The van der Waals surface area contributed by atoms with Crippen molar-refractivity contribution in [1.29, 1.82) is 0 Å². The molecule has 0 aliphatic heterocycles.